The van der Waals surface area contributed by atoms with Gasteiger partial charge in [0.15, 0.2) is 5.13 Å². The predicted octanol–water partition coefficient (Wildman–Crippen LogP) is 7.41. The summed E-state index contributed by atoms with van der Waals surface area (Å²) < 4.78 is 5.90. The number of thiazole rings is 1. The zero-order valence-electron chi connectivity index (χ0n) is 19.1. The molecule has 3 aromatic rings. The van der Waals surface area contributed by atoms with Crippen LogP contribution in [-0.4, -0.2) is 22.5 Å². The van der Waals surface area contributed by atoms with Crippen LogP contribution >= 0.6 is 11.3 Å². The molecule has 0 radical (unpaired) electrons. The summed E-state index contributed by atoms with van der Waals surface area (Å²) >= 11 is 1.47. The maximum Gasteiger partial charge on any atom is 0.233 e. The summed E-state index contributed by atoms with van der Waals surface area (Å²) in [5.41, 5.74) is 2.57. The van der Waals surface area contributed by atoms with Crippen molar-refractivity contribution in [2.45, 2.75) is 65.2 Å². The molecule has 0 N–H and O–H groups in total. The van der Waals surface area contributed by atoms with Crippen LogP contribution in [0.1, 0.15) is 65.2 Å². The molecule has 0 bridgehead atoms. The third-order valence-corrected chi connectivity index (χ3v) is 6.04. The van der Waals surface area contributed by atoms with E-state index in [9.17, 15) is 4.79 Å². The van der Waals surface area contributed by atoms with E-state index in [0.29, 0.717) is 11.6 Å². The third-order valence-electron chi connectivity index (χ3n) is 5.22. The van der Waals surface area contributed by atoms with Crippen LogP contribution in [0.3, 0.4) is 0 Å². The molecule has 3 rings (SSSR count). The summed E-state index contributed by atoms with van der Waals surface area (Å²) in [7, 11) is 0. The van der Waals surface area contributed by atoms with Gasteiger partial charge in [0.1, 0.15) is 5.75 Å². The van der Waals surface area contributed by atoms with Gasteiger partial charge >= 0.3 is 0 Å². The molecule has 2 heterocycles. The highest BCUT2D eigenvalue weighted by atomic mass is 32.1. The summed E-state index contributed by atoms with van der Waals surface area (Å²) in [5, 5.41) is 2.64. The SMILES string of the molecule is CCCCCCCCOc1ccc(N(C(=O)CCC)c2nc(-c3cccnc3)cs2)cc1. The fourth-order valence-electron chi connectivity index (χ4n) is 3.46. The Morgan fingerprint density at radius 1 is 1.00 bits per heavy atom. The smallest absolute Gasteiger partial charge is 0.233 e. The molecule has 170 valence electrons. The fourth-order valence-corrected chi connectivity index (χ4v) is 4.33. The lowest BCUT2D eigenvalue weighted by atomic mass is 10.1. The molecule has 0 unspecified atom stereocenters. The van der Waals surface area contributed by atoms with Crippen molar-refractivity contribution in [1.82, 2.24) is 9.97 Å². The number of ether oxygens (including phenoxy) is 1. The maximum absolute atomic E-state index is 12.9. The lowest BCUT2D eigenvalue weighted by molar-refractivity contribution is -0.117. The molecule has 0 aliphatic heterocycles. The number of hydrogen-bond donors (Lipinski definition) is 0. The number of hydrogen-bond acceptors (Lipinski definition) is 5. The minimum absolute atomic E-state index is 0.0420. The van der Waals surface area contributed by atoms with Crippen LogP contribution in [0, 0.1) is 0 Å². The molecular formula is C26H33N3O2S. The van der Waals surface area contributed by atoms with Gasteiger partial charge in [0.2, 0.25) is 5.91 Å². The van der Waals surface area contributed by atoms with Crippen LogP contribution in [0.15, 0.2) is 54.2 Å². The van der Waals surface area contributed by atoms with E-state index < -0.39 is 0 Å². The molecule has 32 heavy (non-hydrogen) atoms. The first-order valence-corrected chi connectivity index (χ1v) is 12.5. The monoisotopic (exact) mass is 451 g/mol. The van der Waals surface area contributed by atoms with Crippen LogP contribution in [-0.2, 0) is 4.79 Å². The zero-order valence-corrected chi connectivity index (χ0v) is 19.9. The zero-order chi connectivity index (χ0) is 22.6. The number of nitrogens with zero attached hydrogens (tertiary/aromatic N) is 3. The van der Waals surface area contributed by atoms with Crippen molar-refractivity contribution in [2.75, 3.05) is 11.5 Å². The summed E-state index contributed by atoms with van der Waals surface area (Å²) in [6, 6.07) is 11.6. The number of carbonyl (C=O) groups excluding carboxylic acids is 1. The van der Waals surface area contributed by atoms with Crippen LogP contribution in [0.4, 0.5) is 10.8 Å². The molecule has 2 aromatic heterocycles. The minimum Gasteiger partial charge on any atom is -0.494 e. The van der Waals surface area contributed by atoms with E-state index in [0.717, 1.165) is 42.1 Å². The third kappa shape index (κ3) is 6.89. The van der Waals surface area contributed by atoms with E-state index in [4.69, 9.17) is 9.72 Å². The molecule has 0 saturated carbocycles. The van der Waals surface area contributed by atoms with E-state index >= 15 is 0 Å². The van der Waals surface area contributed by atoms with Crippen molar-refractivity contribution < 1.29 is 9.53 Å². The molecule has 0 fully saturated rings. The molecule has 0 saturated heterocycles. The fraction of sp³-hybridized carbons (Fsp3) is 0.423. The number of carbonyl (C=O) groups is 1. The Bertz CT molecular complexity index is 941. The molecule has 0 spiro atoms. The molecule has 0 aliphatic carbocycles. The molecule has 6 heteroatoms. The van der Waals surface area contributed by atoms with Crippen molar-refractivity contribution in [3.63, 3.8) is 0 Å². The first kappa shape index (κ1) is 23.9. The summed E-state index contributed by atoms with van der Waals surface area (Å²) in [4.78, 5) is 23.5. The van der Waals surface area contributed by atoms with Crippen LogP contribution in [0.25, 0.3) is 11.3 Å². The van der Waals surface area contributed by atoms with Crippen molar-refractivity contribution in [3.05, 3.63) is 54.2 Å². The molecular weight excluding hydrogens is 418 g/mol. The molecule has 1 amide bonds. The van der Waals surface area contributed by atoms with E-state index in [-0.39, 0.29) is 5.91 Å². The summed E-state index contributed by atoms with van der Waals surface area (Å²) in [5.74, 6) is 0.876. The summed E-state index contributed by atoms with van der Waals surface area (Å²) in [6.07, 6.45) is 12.2. The van der Waals surface area contributed by atoms with Crippen molar-refractivity contribution >= 4 is 28.1 Å². The second-order valence-corrected chi connectivity index (χ2v) is 8.68. The highest BCUT2D eigenvalue weighted by molar-refractivity contribution is 7.14. The predicted molar refractivity (Wildman–Crippen MR) is 133 cm³/mol. The molecule has 0 aliphatic rings. The van der Waals surface area contributed by atoms with Gasteiger partial charge in [-0.05, 0) is 49.2 Å². The molecule has 0 atom stereocenters. The van der Waals surface area contributed by atoms with Gasteiger partial charge in [-0.3, -0.25) is 14.7 Å². The quantitative estimate of drug-likeness (QED) is 0.254. The van der Waals surface area contributed by atoms with E-state index in [1.54, 1.807) is 17.3 Å². The van der Waals surface area contributed by atoms with Crippen molar-refractivity contribution in [2.24, 2.45) is 0 Å². The van der Waals surface area contributed by atoms with Crippen molar-refractivity contribution in [3.8, 4) is 17.0 Å². The highest BCUT2D eigenvalue weighted by Gasteiger charge is 2.21. The van der Waals surface area contributed by atoms with Gasteiger partial charge in [0.05, 0.1) is 18.0 Å². The van der Waals surface area contributed by atoms with E-state index in [2.05, 4.69) is 11.9 Å². The first-order valence-electron chi connectivity index (χ1n) is 11.6. The van der Waals surface area contributed by atoms with Gasteiger partial charge < -0.3 is 4.74 Å². The number of unbranched alkanes of at least 4 members (excludes halogenated alkanes) is 5. The lowest BCUT2D eigenvalue weighted by Crippen LogP contribution is -2.25. The standard InChI is InChI=1S/C26H33N3O2S/c1-3-5-6-7-8-9-18-31-23-15-13-22(14-16-23)29(25(30)11-4-2)26-28-24(20-32-26)21-12-10-17-27-19-21/h10,12-17,19-20H,3-9,11,18H2,1-2H3. The molecule has 5 nitrogen and oxygen atoms in total. The Morgan fingerprint density at radius 3 is 2.50 bits per heavy atom. The number of amides is 1. The topological polar surface area (TPSA) is 55.3 Å². The lowest BCUT2D eigenvalue weighted by Gasteiger charge is -2.20. The van der Waals surface area contributed by atoms with Gasteiger partial charge in [0, 0.05) is 29.8 Å². The minimum atomic E-state index is 0.0420. The number of aromatic nitrogens is 2. The average Bonchev–Trinajstić information content (AvgIpc) is 3.30. The van der Waals surface area contributed by atoms with Gasteiger partial charge in [-0.25, -0.2) is 4.98 Å². The van der Waals surface area contributed by atoms with Gasteiger partial charge in [-0.15, -0.1) is 11.3 Å². The normalized spacial score (nSPS) is 10.8. The Balaban J connectivity index is 1.66. The Morgan fingerprint density at radius 2 is 1.78 bits per heavy atom. The number of anilines is 2. The van der Waals surface area contributed by atoms with Gasteiger partial charge in [0.25, 0.3) is 0 Å². The van der Waals surface area contributed by atoms with E-state index in [1.807, 2.05) is 48.7 Å². The number of pyridine rings is 1. The Kier molecular flexibility index (Phi) is 9.69. The highest BCUT2D eigenvalue weighted by Crippen LogP contribution is 2.33. The van der Waals surface area contributed by atoms with Crippen LogP contribution < -0.4 is 9.64 Å². The molecule has 1 aromatic carbocycles. The summed E-state index contributed by atoms with van der Waals surface area (Å²) in [6.45, 7) is 4.97. The van der Waals surface area contributed by atoms with Gasteiger partial charge in [-0.2, -0.15) is 0 Å². The first-order chi connectivity index (χ1) is 15.7. The van der Waals surface area contributed by atoms with Crippen molar-refractivity contribution in [1.29, 1.82) is 0 Å². The Labute approximate surface area is 195 Å². The van der Waals surface area contributed by atoms with E-state index in [1.165, 1.54) is 43.4 Å². The second kappa shape index (κ2) is 13.0. The van der Waals surface area contributed by atoms with Gasteiger partial charge in [-0.1, -0.05) is 46.0 Å². The number of rotatable bonds is 13. The largest absolute Gasteiger partial charge is 0.494 e. The van der Waals surface area contributed by atoms with Crippen LogP contribution in [0.2, 0.25) is 0 Å². The maximum atomic E-state index is 12.9. The Hall–Kier alpha value is -2.73. The second-order valence-electron chi connectivity index (χ2n) is 7.85. The van der Waals surface area contributed by atoms with Crippen LogP contribution in [0.5, 0.6) is 5.75 Å². The number of benzene rings is 1. The average molecular weight is 452 g/mol.